The quantitative estimate of drug-likeness (QED) is 0.785. The van der Waals surface area contributed by atoms with Crippen LogP contribution in [0, 0.1) is 11.6 Å². The number of hydrogen-bond acceptors (Lipinski definition) is 1. The Labute approximate surface area is 109 Å². The lowest BCUT2D eigenvalue weighted by Crippen LogP contribution is -2.31. The normalized spacial score (nSPS) is 20.5. The van der Waals surface area contributed by atoms with Crippen molar-refractivity contribution in [3.8, 4) is 0 Å². The van der Waals surface area contributed by atoms with Crippen molar-refractivity contribution in [2.75, 3.05) is 13.1 Å². The molecule has 0 amide bonds. The zero-order valence-electron chi connectivity index (χ0n) is 9.72. The summed E-state index contributed by atoms with van der Waals surface area (Å²) in [5, 5.41) is 3.75. The highest BCUT2D eigenvalue weighted by molar-refractivity contribution is 6.31. The molecule has 0 saturated carbocycles. The molecule has 1 saturated heterocycles. The highest BCUT2D eigenvalue weighted by Gasteiger charge is 2.21. The van der Waals surface area contributed by atoms with Gasteiger partial charge in [0.2, 0.25) is 0 Å². The number of aromatic nitrogens is 1. The minimum atomic E-state index is -0.965. The van der Waals surface area contributed by atoms with Crippen molar-refractivity contribution in [1.82, 2.24) is 9.88 Å². The van der Waals surface area contributed by atoms with Crippen LogP contribution in [0.15, 0.2) is 18.3 Å². The molecule has 1 aromatic carbocycles. The zero-order valence-corrected chi connectivity index (χ0v) is 10.5. The monoisotopic (exact) mass is 270 g/mol. The third-order valence-corrected chi connectivity index (χ3v) is 3.78. The number of nitrogens with one attached hydrogen (secondary N) is 1. The van der Waals surface area contributed by atoms with Crippen molar-refractivity contribution in [2.45, 2.75) is 18.9 Å². The van der Waals surface area contributed by atoms with E-state index < -0.39 is 11.6 Å². The first-order valence-electron chi connectivity index (χ1n) is 6.03. The molecule has 0 radical (unpaired) electrons. The first kappa shape index (κ1) is 11.9. The van der Waals surface area contributed by atoms with Gasteiger partial charge in [0.1, 0.15) is 0 Å². The molecule has 2 heterocycles. The highest BCUT2D eigenvalue weighted by Crippen LogP contribution is 2.31. The van der Waals surface area contributed by atoms with Gasteiger partial charge in [-0.15, -0.1) is 0 Å². The molecule has 18 heavy (non-hydrogen) atoms. The average molecular weight is 271 g/mol. The standard InChI is InChI=1S/C13H13ClF2N2/c14-10-6-8-3-5-18(9-2-1-4-17-7-9)13(8)12(16)11(10)15/h3,5-6,9,17H,1-2,4,7H2/t9-/m1/s1. The lowest BCUT2D eigenvalue weighted by Gasteiger charge is -2.25. The van der Waals surface area contributed by atoms with Gasteiger partial charge >= 0.3 is 0 Å². The number of piperidine rings is 1. The molecule has 1 fully saturated rings. The summed E-state index contributed by atoms with van der Waals surface area (Å²) in [4.78, 5) is 0. The maximum Gasteiger partial charge on any atom is 0.184 e. The van der Waals surface area contributed by atoms with E-state index in [0.29, 0.717) is 10.9 Å². The second-order valence-electron chi connectivity index (χ2n) is 4.65. The largest absolute Gasteiger partial charge is 0.341 e. The first-order chi connectivity index (χ1) is 8.68. The summed E-state index contributed by atoms with van der Waals surface area (Å²) in [5.74, 6) is -1.82. The first-order valence-corrected chi connectivity index (χ1v) is 6.41. The van der Waals surface area contributed by atoms with Crippen LogP contribution >= 0.6 is 11.6 Å². The van der Waals surface area contributed by atoms with Crippen LogP contribution in [0.1, 0.15) is 18.9 Å². The van der Waals surface area contributed by atoms with Crippen LogP contribution in [0.3, 0.4) is 0 Å². The van der Waals surface area contributed by atoms with E-state index in [1.165, 1.54) is 6.07 Å². The Morgan fingerprint density at radius 2 is 2.17 bits per heavy atom. The van der Waals surface area contributed by atoms with Gasteiger partial charge in [-0.1, -0.05) is 11.6 Å². The fourth-order valence-electron chi connectivity index (χ4n) is 2.60. The van der Waals surface area contributed by atoms with Crippen molar-refractivity contribution in [3.05, 3.63) is 35.0 Å². The van der Waals surface area contributed by atoms with Crippen molar-refractivity contribution in [1.29, 1.82) is 0 Å². The van der Waals surface area contributed by atoms with E-state index in [2.05, 4.69) is 5.32 Å². The molecular weight excluding hydrogens is 258 g/mol. The van der Waals surface area contributed by atoms with Gasteiger partial charge in [0.05, 0.1) is 10.5 Å². The lowest BCUT2D eigenvalue weighted by atomic mass is 10.1. The number of rotatable bonds is 1. The van der Waals surface area contributed by atoms with Crippen molar-refractivity contribution in [3.63, 3.8) is 0 Å². The van der Waals surface area contributed by atoms with Gasteiger partial charge in [-0.3, -0.25) is 0 Å². The van der Waals surface area contributed by atoms with Crippen LogP contribution in [0.5, 0.6) is 0 Å². The molecule has 0 aliphatic carbocycles. The molecule has 96 valence electrons. The van der Waals surface area contributed by atoms with E-state index in [9.17, 15) is 8.78 Å². The molecule has 0 spiro atoms. The fraction of sp³-hybridized carbons (Fsp3) is 0.385. The number of hydrogen-bond donors (Lipinski definition) is 1. The third kappa shape index (κ3) is 1.80. The molecule has 2 aromatic rings. The van der Waals surface area contributed by atoms with Gasteiger partial charge < -0.3 is 9.88 Å². The molecule has 1 aliphatic rings. The maximum absolute atomic E-state index is 14.0. The number of benzene rings is 1. The molecule has 5 heteroatoms. The molecule has 0 bridgehead atoms. The lowest BCUT2D eigenvalue weighted by molar-refractivity contribution is 0.376. The SMILES string of the molecule is Fc1c(Cl)cc2ccn([C@@H]3CCCNC3)c2c1F. The van der Waals surface area contributed by atoms with Gasteiger partial charge in [0, 0.05) is 24.2 Å². The predicted molar refractivity (Wildman–Crippen MR) is 68.0 cm³/mol. The van der Waals surface area contributed by atoms with E-state index in [0.717, 1.165) is 25.9 Å². The van der Waals surface area contributed by atoms with Crippen molar-refractivity contribution >= 4 is 22.5 Å². The zero-order chi connectivity index (χ0) is 12.7. The molecule has 2 nitrogen and oxygen atoms in total. The molecule has 0 unspecified atom stereocenters. The van der Waals surface area contributed by atoms with E-state index in [4.69, 9.17) is 11.6 Å². The van der Waals surface area contributed by atoms with Gasteiger partial charge in [-0.05, 0) is 31.5 Å². The Morgan fingerprint density at radius 1 is 1.33 bits per heavy atom. The topological polar surface area (TPSA) is 17.0 Å². The average Bonchev–Trinajstić information content (AvgIpc) is 2.81. The second-order valence-corrected chi connectivity index (χ2v) is 5.05. The summed E-state index contributed by atoms with van der Waals surface area (Å²) in [6, 6.07) is 3.42. The van der Waals surface area contributed by atoms with Crippen LogP contribution < -0.4 is 5.32 Å². The summed E-state index contributed by atoms with van der Waals surface area (Å²) in [6.07, 6.45) is 3.82. The maximum atomic E-state index is 14.0. The summed E-state index contributed by atoms with van der Waals surface area (Å²) < 4.78 is 29.4. The molecule has 1 atom stereocenters. The van der Waals surface area contributed by atoms with E-state index >= 15 is 0 Å². The van der Waals surface area contributed by atoms with E-state index in [1.54, 1.807) is 12.3 Å². The smallest absolute Gasteiger partial charge is 0.184 e. The molecule has 1 aromatic heterocycles. The number of nitrogens with zero attached hydrogens (tertiary/aromatic N) is 1. The van der Waals surface area contributed by atoms with Crippen LogP contribution in [-0.4, -0.2) is 17.7 Å². The Hall–Kier alpha value is -1.13. The molecular formula is C13H13ClF2N2. The highest BCUT2D eigenvalue weighted by atomic mass is 35.5. The van der Waals surface area contributed by atoms with E-state index in [-0.39, 0.29) is 11.1 Å². The van der Waals surface area contributed by atoms with Gasteiger partial charge in [-0.25, -0.2) is 8.78 Å². The van der Waals surface area contributed by atoms with Crippen LogP contribution in [0.2, 0.25) is 5.02 Å². The third-order valence-electron chi connectivity index (χ3n) is 3.50. The number of halogens is 3. The molecule has 1 aliphatic heterocycles. The van der Waals surface area contributed by atoms with Crippen LogP contribution in [0.25, 0.3) is 10.9 Å². The fourth-order valence-corrected chi connectivity index (χ4v) is 2.80. The Bertz CT molecular complexity index is 588. The Kier molecular flexibility index (Phi) is 2.99. The van der Waals surface area contributed by atoms with E-state index in [1.807, 2.05) is 4.57 Å². The number of fused-ring (bicyclic) bond motifs is 1. The predicted octanol–water partition coefficient (Wildman–Crippen LogP) is 3.50. The van der Waals surface area contributed by atoms with Gasteiger partial charge in [0.25, 0.3) is 0 Å². The summed E-state index contributed by atoms with van der Waals surface area (Å²) in [6.45, 7) is 1.77. The minimum absolute atomic E-state index is 0.167. The van der Waals surface area contributed by atoms with Crippen molar-refractivity contribution < 1.29 is 8.78 Å². The Morgan fingerprint density at radius 3 is 2.89 bits per heavy atom. The van der Waals surface area contributed by atoms with Crippen molar-refractivity contribution in [2.24, 2.45) is 0 Å². The minimum Gasteiger partial charge on any atom is -0.341 e. The Balaban J connectivity index is 2.15. The molecule has 1 N–H and O–H groups in total. The summed E-state index contributed by atoms with van der Waals surface area (Å²) in [5.41, 5.74) is 0.311. The summed E-state index contributed by atoms with van der Waals surface area (Å²) in [7, 11) is 0. The summed E-state index contributed by atoms with van der Waals surface area (Å²) >= 11 is 5.65. The van der Waals surface area contributed by atoms with Gasteiger partial charge in [0.15, 0.2) is 11.6 Å². The van der Waals surface area contributed by atoms with Crippen LogP contribution in [-0.2, 0) is 0 Å². The van der Waals surface area contributed by atoms with Gasteiger partial charge in [-0.2, -0.15) is 0 Å². The molecule has 3 rings (SSSR count). The van der Waals surface area contributed by atoms with Crippen LogP contribution in [0.4, 0.5) is 8.78 Å². The second kappa shape index (κ2) is 4.52.